The minimum atomic E-state index is -0.977. The van der Waals surface area contributed by atoms with Gasteiger partial charge in [-0.25, -0.2) is 4.39 Å². The number of carbonyl (C=O) groups is 1. The lowest BCUT2D eigenvalue weighted by Crippen LogP contribution is -2.44. The van der Waals surface area contributed by atoms with Gasteiger partial charge in [-0.2, -0.15) is 0 Å². The Hall–Kier alpha value is -2.25. The van der Waals surface area contributed by atoms with E-state index in [2.05, 4.69) is 5.16 Å². The molecule has 122 valence electrons. The molecule has 7 heteroatoms. The number of aliphatic hydroxyl groups is 2. The third kappa shape index (κ3) is 2.97. The molecular formula is C16H17FN2O4. The van der Waals surface area contributed by atoms with Crippen LogP contribution >= 0.6 is 0 Å². The summed E-state index contributed by atoms with van der Waals surface area (Å²) in [5.41, 5.74) is 0.861. The predicted molar refractivity (Wildman–Crippen MR) is 79.0 cm³/mol. The van der Waals surface area contributed by atoms with E-state index in [1.54, 1.807) is 19.2 Å². The molecule has 2 N–H and O–H groups in total. The molecule has 1 aromatic carbocycles. The Morgan fingerprint density at radius 3 is 2.78 bits per heavy atom. The molecular weight excluding hydrogens is 303 g/mol. The fourth-order valence-corrected chi connectivity index (χ4v) is 2.85. The Morgan fingerprint density at radius 2 is 2.13 bits per heavy atom. The minimum Gasteiger partial charge on any atom is -0.390 e. The monoisotopic (exact) mass is 320 g/mol. The SMILES string of the molecule is CN(C(=O)c1cc(-c2cccc(F)c2)no1)[C@@H]1CC[C@@H](O)[C@@H]1O. The molecule has 1 fully saturated rings. The lowest BCUT2D eigenvalue weighted by atomic mass is 10.1. The zero-order valence-electron chi connectivity index (χ0n) is 12.5. The number of halogens is 1. The second-order valence-corrected chi connectivity index (χ2v) is 5.71. The molecule has 0 aliphatic heterocycles. The van der Waals surface area contributed by atoms with E-state index >= 15 is 0 Å². The van der Waals surface area contributed by atoms with E-state index in [0.717, 1.165) is 0 Å². The van der Waals surface area contributed by atoms with Gasteiger partial charge in [0.25, 0.3) is 5.91 Å². The van der Waals surface area contributed by atoms with Gasteiger partial charge in [0, 0.05) is 18.7 Å². The molecule has 23 heavy (non-hydrogen) atoms. The molecule has 1 aliphatic rings. The van der Waals surface area contributed by atoms with E-state index in [4.69, 9.17) is 4.52 Å². The van der Waals surface area contributed by atoms with Crippen LogP contribution in [0.3, 0.4) is 0 Å². The fourth-order valence-electron chi connectivity index (χ4n) is 2.85. The number of hydrogen-bond donors (Lipinski definition) is 2. The van der Waals surface area contributed by atoms with Crippen molar-refractivity contribution in [2.45, 2.75) is 31.1 Å². The highest BCUT2D eigenvalue weighted by Crippen LogP contribution is 2.26. The number of aromatic nitrogens is 1. The smallest absolute Gasteiger partial charge is 0.292 e. The van der Waals surface area contributed by atoms with Crippen molar-refractivity contribution in [2.24, 2.45) is 0 Å². The van der Waals surface area contributed by atoms with Gasteiger partial charge >= 0.3 is 0 Å². The molecule has 0 saturated heterocycles. The Kier molecular flexibility index (Phi) is 4.14. The molecule has 3 atom stereocenters. The van der Waals surface area contributed by atoms with Gasteiger partial charge in [0.15, 0.2) is 0 Å². The first-order valence-electron chi connectivity index (χ1n) is 7.33. The quantitative estimate of drug-likeness (QED) is 0.893. The van der Waals surface area contributed by atoms with Crippen LogP contribution in [0.1, 0.15) is 23.4 Å². The fraction of sp³-hybridized carbons (Fsp3) is 0.375. The number of carbonyl (C=O) groups excluding carboxylic acids is 1. The average molecular weight is 320 g/mol. The molecule has 0 bridgehead atoms. The van der Waals surface area contributed by atoms with E-state index in [1.165, 1.54) is 23.1 Å². The molecule has 1 aliphatic carbocycles. The third-order valence-corrected chi connectivity index (χ3v) is 4.21. The first-order valence-corrected chi connectivity index (χ1v) is 7.33. The zero-order valence-corrected chi connectivity index (χ0v) is 12.5. The van der Waals surface area contributed by atoms with E-state index < -0.39 is 30.0 Å². The summed E-state index contributed by atoms with van der Waals surface area (Å²) >= 11 is 0. The first-order chi connectivity index (χ1) is 11.0. The van der Waals surface area contributed by atoms with Crippen LogP contribution < -0.4 is 0 Å². The Bertz CT molecular complexity index is 718. The predicted octanol–water partition coefficient (Wildman–Crippen LogP) is 1.44. The highest BCUT2D eigenvalue weighted by Gasteiger charge is 2.38. The number of aliphatic hydroxyl groups excluding tert-OH is 2. The summed E-state index contributed by atoms with van der Waals surface area (Å²) in [6, 6.07) is 6.79. The highest BCUT2D eigenvalue weighted by atomic mass is 19.1. The molecule has 1 aromatic heterocycles. The van der Waals surface area contributed by atoms with Crippen molar-refractivity contribution in [2.75, 3.05) is 7.05 Å². The van der Waals surface area contributed by atoms with E-state index in [1.807, 2.05) is 0 Å². The molecule has 6 nitrogen and oxygen atoms in total. The van der Waals surface area contributed by atoms with Crippen LogP contribution in [0.5, 0.6) is 0 Å². The lowest BCUT2D eigenvalue weighted by Gasteiger charge is -2.26. The standard InChI is InChI=1S/C16H17FN2O4/c1-19(12-5-6-13(20)15(12)21)16(22)14-8-11(18-23-14)9-3-2-4-10(17)7-9/h2-4,7-8,12-13,15,20-21H,5-6H2,1H3/t12-,13-,15-/m1/s1. The van der Waals surface area contributed by atoms with Crippen molar-refractivity contribution in [3.8, 4) is 11.3 Å². The van der Waals surface area contributed by atoms with Gasteiger partial charge < -0.3 is 19.6 Å². The van der Waals surface area contributed by atoms with Crippen LogP contribution in [-0.4, -0.2) is 51.5 Å². The van der Waals surface area contributed by atoms with Gasteiger partial charge in [-0.15, -0.1) is 0 Å². The maximum Gasteiger partial charge on any atom is 0.292 e. The number of likely N-dealkylation sites (N-methyl/N-ethyl adjacent to an activating group) is 1. The van der Waals surface area contributed by atoms with Crippen molar-refractivity contribution < 1.29 is 23.9 Å². The number of nitrogens with zero attached hydrogens (tertiary/aromatic N) is 2. The Morgan fingerprint density at radius 1 is 1.35 bits per heavy atom. The molecule has 1 heterocycles. The summed E-state index contributed by atoms with van der Waals surface area (Å²) in [5.74, 6) is -0.850. The maximum absolute atomic E-state index is 13.2. The van der Waals surface area contributed by atoms with Crippen LogP contribution in [0.25, 0.3) is 11.3 Å². The second-order valence-electron chi connectivity index (χ2n) is 5.71. The third-order valence-electron chi connectivity index (χ3n) is 4.21. The van der Waals surface area contributed by atoms with Crippen molar-refractivity contribution in [1.82, 2.24) is 10.1 Å². The molecule has 1 saturated carbocycles. The van der Waals surface area contributed by atoms with Crippen LogP contribution in [0.15, 0.2) is 34.9 Å². The van der Waals surface area contributed by atoms with Gasteiger partial charge in [-0.05, 0) is 25.0 Å². The summed E-state index contributed by atoms with van der Waals surface area (Å²) in [5, 5.41) is 23.3. The molecule has 2 aromatic rings. The summed E-state index contributed by atoms with van der Waals surface area (Å²) in [4.78, 5) is 13.8. The van der Waals surface area contributed by atoms with Crippen molar-refractivity contribution in [3.05, 3.63) is 41.9 Å². The zero-order chi connectivity index (χ0) is 16.6. The number of hydrogen-bond acceptors (Lipinski definition) is 5. The first kappa shape index (κ1) is 15.6. The summed E-state index contributed by atoms with van der Waals surface area (Å²) in [6.07, 6.45) is -0.855. The van der Waals surface area contributed by atoms with Crippen LogP contribution in [0.4, 0.5) is 4.39 Å². The molecule has 0 spiro atoms. The van der Waals surface area contributed by atoms with Crippen LogP contribution in [-0.2, 0) is 0 Å². The van der Waals surface area contributed by atoms with Crippen molar-refractivity contribution in [1.29, 1.82) is 0 Å². The molecule has 0 radical (unpaired) electrons. The Labute approximate surface area is 132 Å². The number of rotatable bonds is 3. The van der Waals surface area contributed by atoms with Gasteiger partial charge in [-0.1, -0.05) is 17.3 Å². The summed E-state index contributed by atoms with van der Waals surface area (Å²) < 4.78 is 18.3. The van der Waals surface area contributed by atoms with E-state index in [9.17, 15) is 19.4 Å². The molecule has 1 amide bonds. The maximum atomic E-state index is 13.2. The van der Waals surface area contributed by atoms with Crippen LogP contribution in [0.2, 0.25) is 0 Å². The van der Waals surface area contributed by atoms with Gasteiger partial charge in [0.2, 0.25) is 5.76 Å². The van der Waals surface area contributed by atoms with Gasteiger partial charge in [0.05, 0.1) is 12.1 Å². The lowest BCUT2D eigenvalue weighted by molar-refractivity contribution is 0.00555. The summed E-state index contributed by atoms with van der Waals surface area (Å²) in [6.45, 7) is 0. The van der Waals surface area contributed by atoms with Crippen LogP contribution in [0, 0.1) is 5.82 Å². The molecule has 0 unspecified atom stereocenters. The topological polar surface area (TPSA) is 86.8 Å². The minimum absolute atomic E-state index is 0.000325. The number of benzene rings is 1. The summed E-state index contributed by atoms with van der Waals surface area (Å²) in [7, 11) is 1.54. The van der Waals surface area contributed by atoms with Crippen molar-refractivity contribution >= 4 is 5.91 Å². The second kappa shape index (κ2) is 6.10. The molecule has 3 rings (SSSR count). The number of amides is 1. The largest absolute Gasteiger partial charge is 0.390 e. The Balaban J connectivity index is 1.78. The van der Waals surface area contributed by atoms with Crippen molar-refractivity contribution in [3.63, 3.8) is 0 Å². The highest BCUT2D eigenvalue weighted by molar-refractivity contribution is 5.92. The van der Waals surface area contributed by atoms with Gasteiger partial charge in [-0.3, -0.25) is 4.79 Å². The average Bonchev–Trinajstić information content (AvgIpc) is 3.14. The van der Waals surface area contributed by atoms with E-state index in [-0.39, 0.29) is 5.76 Å². The normalized spacial score (nSPS) is 23.9. The van der Waals surface area contributed by atoms with E-state index in [0.29, 0.717) is 24.1 Å². The van der Waals surface area contributed by atoms with Gasteiger partial charge in [0.1, 0.15) is 17.6 Å².